The highest BCUT2D eigenvalue weighted by atomic mass is 14.7. The zero-order valence-corrected chi connectivity index (χ0v) is 10.9. The molecule has 0 amide bonds. The zero-order chi connectivity index (χ0) is 12.9. The van der Waals surface area contributed by atoms with Crippen molar-refractivity contribution in [2.45, 2.75) is 12.8 Å². The van der Waals surface area contributed by atoms with Crippen LogP contribution in [0.5, 0.6) is 0 Å². The molecule has 0 spiro atoms. The van der Waals surface area contributed by atoms with Gasteiger partial charge in [-0.2, -0.15) is 0 Å². The third-order valence-electron chi connectivity index (χ3n) is 3.26. The van der Waals surface area contributed by atoms with Crippen LogP contribution in [0.4, 0.5) is 0 Å². The lowest BCUT2D eigenvalue weighted by Crippen LogP contribution is -2.03. The maximum atomic E-state index is 4.78. The highest BCUT2D eigenvalue weighted by molar-refractivity contribution is 6.12. The molecule has 0 N–H and O–H groups in total. The van der Waals surface area contributed by atoms with Crippen molar-refractivity contribution < 1.29 is 0 Å². The summed E-state index contributed by atoms with van der Waals surface area (Å²) in [7, 11) is 0. The van der Waals surface area contributed by atoms with Crippen LogP contribution in [0.3, 0.4) is 0 Å². The van der Waals surface area contributed by atoms with E-state index >= 15 is 0 Å². The van der Waals surface area contributed by atoms with Crippen molar-refractivity contribution in [2.24, 2.45) is 4.99 Å². The number of hydrogen-bond acceptors (Lipinski definition) is 1. The fourth-order valence-electron chi connectivity index (χ4n) is 2.08. The largest absolute Gasteiger partial charge is 0.280 e. The summed E-state index contributed by atoms with van der Waals surface area (Å²) in [5.74, 6) is 0. The minimum absolute atomic E-state index is 0.786. The second-order valence-corrected chi connectivity index (χ2v) is 4.78. The van der Waals surface area contributed by atoms with E-state index in [1.54, 1.807) is 5.57 Å². The van der Waals surface area contributed by atoms with E-state index in [0.29, 0.717) is 0 Å². The number of allylic oxidation sites excluding steroid dienone is 1. The molecule has 0 aliphatic heterocycles. The molecule has 1 nitrogen and oxygen atoms in total. The van der Waals surface area contributed by atoms with Gasteiger partial charge in [-0.05, 0) is 12.8 Å². The highest BCUT2D eigenvalue weighted by Gasteiger charge is 2.10. The first-order valence-corrected chi connectivity index (χ1v) is 6.77. The van der Waals surface area contributed by atoms with E-state index in [1.807, 2.05) is 12.1 Å². The summed E-state index contributed by atoms with van der Waals surface area (Å²) >= 11 is 0. The van der Waals surface area contributed by atoms with Gasteiger partial charge in [-0.3, -0.25) is 4.99 Å². The Kier molecular flexibility index (Phi) is 3.55. The molecule has 0 atom stereocenters. The topological polar surface area (TPSA) is 12.4 Å². The second-order valence-electron chi connectivity index (χ2n) is 4.78. The van der Waals surface area contributed by atoms with Crippen LogP contribution in [0.25, 0.3) is 0 Å². The minimum Gasteiger partial charge on any atom is -0.280 e. The molecule has 2 aromatic rings. The molecule has 1 aliphatic rings. The van der Waals surface area contributed by atoms with Crippen molar-refractivity contribution in [3.05, 3.63) is 83.4 Å². The molecule has 1 saturated carbocycles. The van der Waals surface area contributed by atoms with Gasteiger partial charge in [0.25, 0.3) is 0 Å². The van der Waals surface area contributed by atoms with Crippen LogP contribution < -0.4 is 0 Å². The van der Waals surface area contributed by atoms with Gasteiger partial charge in [0.15, 0.2) is 0 Å². The predicted molar refractivity (Wildman–Crippen MR) is 80.7 cm³/mol. The van der Waals surface area contributed by atoms with E-state index in [9.17, 15) is 0 Å². The molecule has 0 heterocycles. The van der Waals surface area contributed by atoms with Gasteiger partial charge in [0.05, 0.1) is 12.3 Å². The summed E-state index contributed by atoms with van der Waals surface area (Å²) in [6.45, 7) is 0.786. The Bertz CT molecular complexity index is 547. The summed E-state index contributed by atoms with van der Waals surface area (Å²) in [5.41, 5.74) is 4.99. The molecule has 0 bridgehead atoms. The Hall–Kier alpha value is -2.15. The Labute approximate surface area is 114 Å². The quantitative estimate of drug-likeness (QED) is 0.566. The molecule has 0 radical (unpaired) electrons. The number of rotatable bonds is 4. The normalized spacial score (nSPS) is 12.9. The SMILES string of the molecule is C(CN=C(c1ccccc1)c1ccccc1)=C1CC1. The van der Waals surface area contributed by atoms with Crippen molar-refractivity contribution in [3.63, 3.8) is 0 Å². The first-order chi connectivity index (χ1) is 9.43. The molecule has 1 heteroatoms. The van der Waals surface area contributed by atoms with Gasteiger partial charge in [0, 0.05) is 11.1 Å². The fraction of sp³-hybridized carbons (Fsp3) is 0.167. The molecule has 2 aromatic carbocycles. The third-order valence-corrected chi connectivity index (χ3v) is 3.26. The van der Waals surface area contributed by atoms with Gasteiger partial charge in [-0.15, -0.1) is 0 Å². The molecule has 0 aromatic heterocycles. The average Bonchev–Trinajstić information content (AvgIpc) is 3.30. The number of aliphatic imine (C=N–C) groups is 1. The van der Waals surface area contributed by atoms with E-state index in [4.69, 9.17) is 4.99 Å². The first kappa shape index (κ1) is 11.9. The molecule has 1 fully saturated rings. The van der Waals surface area contributed by atoms with Crippen LogP contribution in [-0.2, 0) is 0 Å². The standard InChI is InChI=1S/C18H17N/c1-3-7-16(8-4-1)18(17-9-5-2-6-10-17)19-14-13-15-11-12-15/h1-10,13H,11-12,14H2. The Morgan fingerprint density at radius 3 is 1.84 bits per heavy atom. The third kappa shape index (κ3) is 3.19. The van der Waals surface area contributed by atoms with Crippen LogP contribution in [0.15, 0.2) is 77.3 Å². The van der Waals surface area contributed by atoms with Crippen LogP contribution in [0.1, 0.15) is 24.0 Å². The lowest BCUT2D eigenvalue weighted by Gasteiger charge is -2.06. The van der Waals surface area contributed by atoms with Crippen molar-refractivity contribution in [2.75, 3.05) is 6.54 Å². The van der Waals surface area contributed by atoms with Crippen LogP contribution in [-0.4, -0.2) is 12.3 Å². The average molecular weight is 247 g/mol. The first-order valence-electron chi connectivity index (χ1n) is 6.77. The van der Waals surface area contributed by atoms with Crippen molar-refractivity contribution >= 4 is 5.71 Å². The Balaban J connectivity index is 1.93. The highest BCUT2D eigenvalue weighted by Crippen LogP contribution is 2.27. The molecular formula is C18H17N. The Morgan fingerprint density at radius 1 is 0.842 bits per heavy atom. The van der Waals surface area contributed by atoms with Crippen LogP contribution in [0.2, 0.25) is 0 Å². The molecule has 3 rings (SSSR count). The molecule has 19 heavy (non-hydrogen) atoms. The van der Waals surface area contributed by atoms with Gasteiger partial charge in [-0.1, -0.05) is 72.3 Å². The summed E-state index contributed by atoms with van der Waals surface area (Å²) in [6, 6.07) is 20.8. The van der Waals surface area contributed by atoms with E-state index in [2.05, 4.69) is 54.6 Å². The van der Waals surface area contributed by atoms with Crippen LogP contribution >= 0.6 is 0 Å². The lowest BCUT2D eigenvalue weighted by molar-refractivity contribution is 1.23. The van der Waals surface area contributed by atoms with Crippen LogP contribution in [0, 0.1) is 0 Å². The summed E-state index contributed by atoms with van der Waals surface area (Å²) in [5, 5.41) is 0. The van der Waals surface area contributed by atoms with E-state index in [0.717, 1.165) is 12.3 Å². The van der Waals surface area contributed by atoms with E-state index < -0.39 is 0 Å². The van der Waals surface area contributed by atoms with E-state index in [-0.39, 0.29) is 0 Å². The molecular weight excluding hydrogens is 230 g/mol. The maximum absolute atomic E-state index is 4.78. The molecule has 0 unspecified atom stereocenters. The molecule has 0 saturated heterocycles. The fourth-order valence-corrected chi connectivity index (χ4v) is 2.08. The maximum Gasteiger partial charge on any atom is 0.0722 e. The number of hydrogen-bond donors (Lipinski definition) is 0. The molecule has 94 valence electrons. The van der Waals surface area contributed by atoms with Gasteiger partial charge < -0.3 is 0 Å². The van der Waals surface area contributed by atoms with Gasteiger partial charge in [-0.25, -0.2) is 0 Å². The minimum atomic E-state index is 0.786. The van der Waals surface area contributed by atoms with Gasteiger partial charge in [0.2, 0.25) is 0 Å². The van der Waals surface area contributed by atoms with Gasteiger partial charge >= 0.3 is 0 Å². The summed E-state index contributed by atoms with van der Waals surface area (Å²) in [6.07, 6.45) is 4.79. The van der Waals surface area contributed by atoms with Crippen molar-refractivity contribution in [1.82, 2.24) is 0 Å². The summed E-state index contributed by atoms with van der Waals surface area (Å²) in [4.78, 5) is 4.78. The van der Waals surface area contributed by atoms with Crippen molar-refractivity contribution in [1.29, 1.82) is 0 Å². The molecule has 1 aliphatic carbocycles. The zero-order valence-electron chi connectivity index (χ0n) is 10.9. The Morgan fingerprint density at radius 2 is 1.37 bits per heavy atom. The summed E-state index contributed by atoms with van der Waals surface area (Å²) < 4.78 is 0. The predicted octanol–water partition coefficient (Wildman–Crippen LogP) is 4.24. The number of benzene rings is 2. The lowest BCUT2D eigenvalue weighted by atomic mass is 10.0. The number of nitrogens with zero attached hydrogens (tertiary/aromatic N) is 1. The smallest absolute Gasteiger partial charge is 0.0722 e. The van der Waals surface area contributed by atoms with Gasteiger partial charge in [0.1, 0.15) is 0 Å². The van der Waals surface area contributed by atoms with Crippen molar-refractivity contribution in [3.8, 4) is 0 Å². The monoisotopic (exact) mass is 247 g/mol. The second kappa shape index (κ2) is 5.66. The van der Waals surface area contributed by atoms with E-state index in [1.165, 1.54) is 24.0 Å².